The Morgan fingerprint density at radius 3 is 2.35 bits per heavy atom. The van der Waals surface area contributed by atoms with Gasteiger partial charge in [-0.25, -0.2) is 0 Å². The Kier molecular flexibility index (Phi) is 7.39. The van der Waals surface area contributed by atoms with Crippen LogP contribution in [0.15, 0.2) is 18.3 Å². The summed E-state index contributed by atoms with van der Waals surface area (Å²) in [4.78, 5) is 22.6. The molecule has 34 heavy (non-hydrogen) atoms. The standard InChI is InChI=1S/C27H40ClN5O/c1-6-33-24(28)22(23(30-33)21-7-13-29-20(2)19-21)25(34)32-17-11-27(12-18-32)9-15-31(16-10-27)14-8-26(3,4)5/h7,13,19H,6,8-12,14-18H2,1-5H3. The Morgan fingerprint density at radius 1 is 1.12 bits per heavy atom. The number of piperidine rings is 2. The van der Waals surface area contributed by atoms with Crippen LogP contribution in [-0.2, 0) is 6.54 Å². The number of carbonyl (C=O) groups excluding carboxylic acids is 1. The molecule has 1 spiro atoms. The highest BCUT2D eigenvalue weighted by Crippen LogP contribution is 2.42. The molecule has 2 aliphatic rings. The number of hydrogen-bond acceptors (Lipinski definition) is 4. The molecule has 6 nitrogen and oxygen atoms in total. The van der Waals surface area contributed by atoms with Crippen molar-refractivity contribution in [2.45, 2.75) is 73.3 Å². The van der Waals surface area contributed by atoms with E-state index in [9.17, 15) is 4.79 Å². The first-order chi connectivity index (χ1) is 16.1. The summed E-state index contributed by atoms with van der Waals surface area (Å²) >= 11 is 6.69. The fourth-order valence-electron chi connectivity index (χ4n) is 5.32. The molecular weight excluding hydrogens is 446 g/mol. The molecule has 7 heteroatoms. The van der Waals surface area contributed by atoms with Crippen molar-refractivity contribution >= 4 is 17.5 Å². The van der Waals surface area contributed by atoms with E-state index in [1.54, 1.807) is 10.9 Å². The van der Waals surface area contributed by atoms with Gasteiger partial charge in [0.15, 0.2) is 0 Å². The molecule has 0 bridgehead atoms. The van der Waals surface area contributed by atoms with Crippen molar-refractivity contribution in [3.8, 4) is 11.3 Å². The highest BCUT2D eigenvalue weighted by Gasteiger charge is 2.39. The largest absolute Gasteiger partial charge is 0.338 e. The Morgan fingerprint density at radius 2 is 1.76 bits per heavy atom. The molecule has 0 atom stereocenters. The van der Waals surface area contributed by atoms with Gasteiger partial charge in [0.1, 0.15) is 16.4 Å². The van der Waals surface area contributed by atoms with E-state index >= 15 is 0 Å². The zero-order chi connectivity index (χ0) is 24.5. The maximum Gasteiger partial charge on any atom is 0.259 e. The smallest absolute Gasteiger partial charge is 0.259 e. The normalized spacial score (nSPS) is 19.1. The second kappa shape index (κ2) is 9.98. The number of likely N-dealkylation sites (tertiary alicyclic amines) is 2. The molecule has 2 saturated heterocycles. The zero-order valence-corrected chi connectivity index (χ0v) is 22.3. The molecule has 0 radical (unpaired) electrons. The van der Waals surface area contributed by atoms with Crippen LogP contribution in [-0.4, -0.2) is 63.2 Å². The van der Waals surface area contributed by atoms with Gasteiger partial charge in [-0.15, -0.1) is 0 Å². The van der Waals surface area contributed by atoms with Gasteiger partial charge in [0, 0.05) is 37.1 Å². The van der Waals surface area contributed by atoms with Crippen LogP contribution >= 0.6 is 11.6 Å². The van der Waals surface area contributed by atoms with Crippen molar-refractivity contribution in [2.75, 3.05) is 32.7 Å². The minimum atomic E-state index is 0.00614. The summed E-state index contributed by atoms with van der Waals surface area (Å²) in [6.45, 7) is 16.7. The lowest BCUT2D eigenvalue weighted by molar-refractivity contribution is 0.0283. The van der Waals surface area contributed by atoms with E-state index < -0.39 is 0 Å². The lowest BCUT2D eigenvalue weighted by Crippen LogP contribution is -2.48. The van der Waals surface area contributed by atoms with Crippen LogP contribution in [0.5, 0.6) is 0 Å². The maximum atomic E-state index is 13.7. The summed E-state index contributed by atoms with van der Waals surface area (Å²) in [5.74, 6) is 0.00614. The molecule has 0 aromatic carbocycles. The van der Waals surface area contributed by atoms with Crippen molar-refractivity contribution < 1.29 is 4.79 Å². The van der Waals surface area contributed by atoms with Gasteiger partial charge in [0.2, 0.25) is 0 Å². The van der Waals surface area contributed by atoms with Gasteiger partial charge in [0.05, 0.1) is 0 Å². The molecule has 4 rings (SSSR count). The third kappa shape index (κ3) is 5.49. The number of halogens is 1. The minimum absolute atomic E-state index is 0.00614. The summed E-state index contributed by atoms with van der Waals surface area (Å²) in [5, 5.41) is 5.12. The van der Waals surface area contributed by atoms with E-state index in [2.05, 4.69) is 35.8 Å². The summed E-state index contributed by atoms with van der Waals surface area (Å²) in [6.07, 6.45) is 7.65. The molecule has 4 heterocycles. The molecule has 2 aliphatic heterocycles. The van der Waals surface area contributed by atoms with E-state index in [0.717, 1.165) is 37.2 Å². The third-order valence-corrected chi connectivity index (χ3v) is 8.16. The predicted molar refractivity (Wildman–Crippen MR) is 138 cm³/mol. The predicted octanol–water partition coefficient (Wildman–Crippen LogP) is 5.68. The van der Waals surface area contributed by atoms with Gasteiger partial charge in [-0.2, -0.15) is 5.10 Å². The number of aryl methyl sites for hydroxylation is 2. The van der Waals surface area contributed by atoms with Crippen molar-refractivity contribution in [3.63, 3.8) is 0 Å². The lowest BCUT2D eigenvalue weighted by Gasteiger charge is -2.47. The van der Waals surface area contributed by atoms with Crippen molar-refractivity contribution in [2.24, 2.45) is 10.8 Å². The summed E-state index contributed by atoms with van der Waals surface area (Å²) in [5.41, 5.74) is 3.75. The molecule has 0 unspecified atom stereocenters. The second-order valence-electron chi connectivity index (χ2n) is 11.5. The Hall–Kier alpha value is -1.92. The van der Waals surface area contributed by atoms with Crippen LogP contribution in [0.1, 0.15) is 75.9 Å². The van der Waals surface area contributed by atoms with Crippen LogP contribution in [0.25, 0.3) is 11.3 Å². The molecule has 2 aromatic rings. The van der Waals surface area contributed by atoms with Gasteiger partial charge in [0.25, 0.3) is 5.91 Å². The van der Waals surface area contributed by atoms with E-state index in [4.69, 9.17) is 11.6 Å². The molecule has 1 amide bonds. The number of hydrogen-bond donors (Lipinski definition) is 0. The van der Waals surface area contributed by atoms with Crippen LogP contribution in [0.2, 0.25) is 5.15 Å². The number of rotatable bonds is 5. The van der Waals surface area contributed by atoms with Crippen molar-refractivity contribution in [1.82, 2.24) is 24.6 Å². The molecule has 0 aliphatic carbocycles. The summed E-state index contributed by atoms with van der Waals surface area (Å²) in [6, 6.07) is 3.87. The molecule has 0 N–H and O–H groups in total. The van der Waals surface area contributed by atoms with Gasteiger partial charge < -0.3 is 9.80 Å². The number of amides is 1. The quantitative estimate of drug-likeness (QED) is 0.546. The average Bonchev–Trinajstić information content (AvgIpc) is 3.14. The third-order valence-electron chi connectivity index (χ3n) is 7.78. The van der Waals surface area contributed by atoms with E-state index in [1.807, 2.05) is 30.9 Å². The van der Waals surface area contributed by atoms with Crippen LogP contribution in [0, 0.1) is 17.8 Å². The highest BCUT2D eigenvalue weighted by molar-refractivity contribution is 6.33. The highest BCUT2D eigenvalue weighted by atomic mass is 35.5. The van der Waals surface area contributed by atoms with Gasteiger partial charge >= 0.3 is 0 Å². The minimum Gasteiger partial charge on any atom is -0.338 e. The number of pyridine rings is 1. The van der Waals surface area contributed by atoms with Crippen molar-refractivity contribution in [1.29, 1.82) is 0 Å². The number of nitrogens with zero attached hydrogens (tertiary/aromatic N) is 5. The number of aromatic nitrogens is 3. The molecule has 2 fully saturated rings. The average molecular weight is 486 g/mol. The monoisotopic (exact) mass is 485 g/mol. The second-order valence-corrected chi connectivity index (χ2v) is 11.8. The fraction of sp³-hybridized carbons (Fsp3) is 0.667. The SMILES string of the molecule is CCn1nc(-c2ccnc(C)c2)c(C(=O)N2CCC3(CCN(CCC(C)(C)C)CC3)CC2)c1Cl. The number of carbonyl (C=O) groups is 1. The van der Waals surface area contributed by atoms with E-state index in [-0.39, 0.29) is 5.91 Å². The summed E-state index contributed by atoms with van der Waals surface area (Å²) in [7, 11) is 0. The lowest BCUT2D eigenvalue weighted by atomic mass is 9.71. The molecule has 2 aromatic heterocycles. The Labute approximate surface area is 209 Å². The fourth-order valence-corrected chi connectivity index (χ4v) is 5.65. The van der Waals surface area contributed by atoms with Crippen molar-refractivity contribution in [3.05, 3.63) is 34.7 Å². The van der Waals surface area contributed by atoms with Crippen LogP contribution < -0.4 is 0 Å². The van der Waals surface area contributed by atoms with Crippen LogP contribution in [0.4, 0.5) is 0 Å². The topological polar surface area (TPSA) is 54.3 Å². The first kappa shape index (κ1) is 25.2. The first-order valence-corrected chi connectivity index (χ1v) is 13.2. The van der Waals surface area contributed by atoms with E-state index in [1.165, 1.54) is 38.9 Å². The van der Waals surface area contributed by atoms with Gasteiger partial charge in [-0.05, 0) is 88.5 Å². The van der Waals surface area contributed by atoms with Gasteiger partial charge in [-0.1, -0.05) is 32.4 Å². The first-order valence-electron chi connectivity index (χ1n) is 12.8. The zero-order valence-electron chi connectivity index (χ0n) is 21.5. The van der Waals surface area contributed by atoms with E-state index in [0.29, 0.717) is 33.8 Å². The molecule has 0 saturated carbocycles. The maximum absolute atomic E-state index is 13.7. The van der Waals surface area contributed by atoms with Gasteiger partial charge in [-0.3, -0.25) is 14.5 Å². The Bertz CT molecular complexity index is 1010. The molecular formula is C27H40ClN5O. The summed E-state index contributed by atoms with van der Waals surface area (Å²) < 4.78 is 1.72. The van der Waals surface area contributed by atoms with Crippen LogP contribution in [0.3, 0.4) is 0 Å². The Balaban J connectivity index is 1.43. The molecule has 186 valence electrons.